The quantitative estimate of drug-likeness (QED) is 0.632. The molecule has 0 bridgehead atoms. The number of aliphatic hydroxyl groups excluding tert-OH is 1. The molecule has 0 aliphatic carbocycles. The normalized spacial score (nSPS) is 13.8. The number of hydrogen-bond acceptors (Lipinski definition) is 2. The van der Waals surface area contributed by atoms with Crippen LogP contribution in [0.2, 0.25) is 0 Å². The van der Waals surface area contributed by atoms with Gasteiger partial charge in [-0.2, -0.15) is 17.6 Å². The lowest BCUT2D eigenvalue weighted by atomic mass is 10.6. The fraction of sp³-hybridized carbons (Fsp3) is 1.00. The molecule has 0 saturated carbocycles. The van der Waals surface area contributed by atoms with Crippen molar-refractivity contribution >= 4 is 0 Å². The Kier molecular flexibility index (Phi) is 2.61. The molecule has 0 atom stereocenters. The summed E-state index contributed by atoms with van der Waals surface area (Å²) in [6, 6.07) is 0. The average molecular weight is 162 g/mol. The predicted molar refractivity (Wildman–Crippen MR) is 23.7 cm³/mol. The van der Waals surface area contributed by atoms with Crippen molar-refractivity contribution in [2.45, 2.75) is 19.1 Å². The van der Waals surface area contributed by atoms with Gasteiger partial charge in [0.15, 0.2) is 0 Å². The summed E-state index contributed by atoms with van der Waals surface area (Å²) in [6.07, 6.45) is -8.09. The first-order valence-corrected chi connectivity index (χ1v) is 2.33. The second-order valence-electron chi connectivity index (χ2n) is 1.71. The molecule has 0 heterocycles. The van der Waals surface area contributed by atoms with E-state index < -0.39 is 18.8 Å². The first kappa shape index (κ1) is 9.64. The van der Waals surface area contributed by atoms with Gasteiger partial charge < -0.3 is 5.11 Å². The summed E-state index contributed by atoms with van der Waals surface area (Å²) in [5.74, 6) is 0. The summed E-state index contributed by atoms with van der Waals surface area (Å²) in [7, 11) is 0. The van der Waals surface area contributed by atoms with Crippen LogP contribution in [0.5, 0.6) is 0 Å². The third-order valence-corrected chi connectivity index (χ3v) is 0.513. The van der Waals surface area contributed by atoms with Gasteiger partial charge in [0.1, 0.15) is 6.61 Å². The van der Waals surface area contributed by atoms with Gasteiger partial charge in [0.2, 0.25) is 0 Å². The molecule has 0 amide bonds. The second-order valence-corrected chi connectivity index (χ2v) is 1.71. The van der Waals surface area contributed by atoms with Crippen LogP contribution in [0, 0.1) is 0 Å². The molecule has 0 aromatic carbocycles. The van der Waals surface area contributed by atoms with Crippen molar-refractivity contribution in [3.05, 3.63) is 0 Å². The number of ether oxygens (including phenoxy) is 1. The lowest BCUT2D eigenvalue weighted by molar-refractivity contribution is -0.375. The molecule has 0 rings (SSSR count). The van der Waals surface area contributed by atoms with Crippen molar-refractivity contribution in [1.82, 2.24) is 0 Å². The van der Waals surface area contributed by atoms with E-state index in [9.17, 15) is 17.6 Å². The Labute approximate surface area is 54.4 Å². The van der Waals surface area contributed by atoms with Crippen molar-refractivity contribution in [2.75, 3.05) is 6.61 Å². The molecule has 0 saturated heterocycles. The Morgan fingerprint density at radius 3 is 1.80 bits per heavy atom. The van der Waals surface area contributed by atoms with Crippen LogP contribution in [0.15, 0.2) is 0 Å². The number of rotatable bonds is 3. The van der Waals surface area contributed by atoms with E-state index in [0.717, 1.165) is 0 Å². The van der Waals surface area contributed by atoms with Gasteiger partial charge in [0, 0.05) is 6.92 Å². The number of halogens is 4. The van der Waals surface area contributed by atoms with E-state index in [0.29, 0.717) is 0 Å². The van der Waals surface area contributed by atoms with E-state index in [1.54, 1.807) is 0 Å². The summed E-state index contributed by atoms with van der Waals surface area (Å²) in [5, 5.41) is 7.75. The monoisotopic (exact) mass is 162 g/mol. The minimum atomic E-state index is -4.17. The lowest BCUT2D eigenvalue weighted by Crippen LogP contribution is -2.33. The van der Waals surface area contributed by atoms with Gasteiger partial charge in [-0.25, -0.2) is 0 Å². The Morgan fingerprint density at radius 1 is 1.30 bits per heavy atom. The molecule has 2 nitrogen and oxygen atoms in total. The first-order valence-electron chi connectivity index (χ1n) is 2.33. The topological polar surface area (TPSA) is 29.5 Å². The highest BCUT2D eigenvalue weighted by molar-refractivity contribution is 4.51. The van der Waals surface area contributed by atoms with Crippen molar-refractivity contribution < 1.29 is 27.4 Å². The van der Waals surface area contributed by atoms with Crippen LogP contribution in [0.3, 0.4) is 0 Å². The largest absolute Gasteiger partial charge is 0.387 e. The molecule has 0 aromatic rings. The zero-order valence-electron chi connectivity index (χ0n) is 5.07. The summed E-state index contributed by atoms with van der Waals surface area (Å²) in [5.41, 5.74) is 0. The Balaban J connectivity index is 3.89. The van der Waals surface area contributed by atoms with E-state index in [-0.39, 0.29) is 6.92 Å². The van der Waals surface area contributed by atoms with Gasteiger partial charge in [-0.05, 0) is 0 Å². The summed E-state index contributed by atoms with van der Waals surface area (Å²) >= 11 is 0. The van der Waals surface area contributed by atoms with Crippen LogP contribution in [0.25, 0.3) is 0 Å². The van der Waals surface area contributed by atoms with Gasteiger partial charge >= 0.3 is 12.2 Å². The molecule has 0 aromatic heterocycles. The van der Waals surface area contributed by atoms with Gasteiger partial charge in [-0.15, -0.1) is 0 Å². The van der Waals surface area contributed by atoms with Crippen LogP contribution in [-0.2, 0) is 4.74 Å². The molecule has 0 unspecified atom stereocenters. The standard InChI is InChI=1S/C4H6F4O2/c1-3(5,6)10-4(7,8)2-9/h9H,2H2,1H3. The summed E-state index contributed by atoms with van der Waals surface area (Å²) in [4.78, 5) is 0. The molecule has 62 valence electrons. The molecule has 0 spiro atoms. The molecule has 1 N–H and O–H groups in total. The highest BCUT2D eigenvalue weighted by atomic mass is 19.3. The van der Waals surface area contributed by atoms with E-state index in [4.69, 9.17) is 5.11 Å². The maximum atomic E-state index is 11.7. The molecule has 0 aliphatic heterocycles. The molecule has 0 aliphatic rings. The van der Waals surface area contributed by atoms with Gasteiger partial charge in [-0.3, -0.25) is 4.74 Å². The van der Waals surface area contributed by atoms with Gasteiger partial charge in [-0.1, -0.05) is 0 Å². The summed E-state index contributed by atoms with van der Waals surface area (Å²) in [6.45, 7) is -1.59. The van der Waals surface area contributed by atoms with Crippen molar-refractivity contribution in [2.24, 2.45) is 0 Å². The number of alkyl halides is 4. The molecule has 6 heteroatoms. The van der Waals surface area contributed by atoms with Crippen LogP contribution in [0.1, 0.15) is 6.92 Å². The maximum Gasteiger partial charge on any atom is 0.383 e. The van der Waals surface area contributed by atoms with Crippen molar-refractivity contribution in [1.29, 1.82) is 0 Å². The second kappa shape index (κ2) is 2.71. The minimum Gasteiger partial charge on any atom is -0.387 e. The molecule has 10 heavy (non-hydrogen) atoms. The average Bonchev–Trinajstić information content (AvgIpc) is 1.60. The van der Waals surface area contributed by atoms with Gasteiger partial charge in [0.05, 0.1) is 0 Å². The van der Waals surface area contributed by atoms with Crippen LogP contribution in [0.4, 0.5) is 17.6 Å². The van der Waals surface area contributed by atoms with E-state index >= 15 is 0 Å². The molecular formula is C4H6F4O2. The Morgan fingerprint density at radius 2 is 1.70 bits per heavy atom. The zero-order chi connectivity index (χ0) is 8.41. The smallest absolute Gasteiger partial charge is 0.383 e. The maximum absolute atomic E-state index is 11.7. The predicted octanol–water partition coefficient (Wildman–Crippen LogP) is 1.20. The highest BCUT2D eigenvalue weighted by Gasteiger charge is 2.39. The van der Waals surface area contributed by atoms with E-state index in [2.05, 4.69) is 4.74 Å². The van der Waals surface area contributed by atoms with Crippen molar-refractivity contribution in [3.8, 4) is 0 Å². The van der Waals surface area contributed by atoms with Crippen LogP contribution in [-0.4, -0.2) is 23.9 Å². The minimum absolute atomic E-state index is 0.163. The third kappa shape index (κ3) is 4.51. The van der Waals surface area contributed by atoms with Crippen molar-refractivity contribution in [3.63, 3.8) is 0 Å². The Bertz CT molecular complexity index is 108. The van der Waals surface area contributed by atoms with Crippen LogP contribution < -0.4 is 0 Å². The van der Waals surface area contributed by atoms with Crippen LogP contribution >= 0.6 is 0 Å². The molecule has 0 radical (unpaired) electrons. The Hall–Kier alpha value is -0.360. The fourth-order valence-electron chi connectivity index (χ4n) is 0.294. The fourth-order valence-corrected chi connectivity index (χ4v) is 0.294. The highest BCUT2D eigenvalue weighted by Crippen LogP contribution is 2.25. The third-order valence-electron chi connectivity index (χ3n) is 0.513. The summed E-state index contributed by atoms with van der Waals surface area (Å²) < 4.78 is 49.4. The van der Waals surface area contributed by atoms with E-state index in [1.165, 1.54) is 0 Å². The molecular weight excluding hydrogens is 156 g/mol. The van der Waals surface area contributed by atoms with Gasteiger partial charge in [0.25, 0.3) is 0 Å². The first-order chi connectivity index (χ1) is 4.27. The SMILES string of the molecule is CC(F)(F)OC(F)(F)CO. The lowest BCUT2D eigenvalue weighted by Gasteiger charge is -2.18. The molecule has 0 fully saturated rings. The zero-order valence-corrected chi connectivity index (χ0v) is 5.07. The van der Waals surface area contributed by atoms with E-state index in [1.807, 2.05) is 0 Å². The number of aliphatic hydroxyl groups is 1. The number of hydrogen-bond donors (Lipinski definition) is 1.